The summed E-state index contributed by atoms with van der Waals surface area (Å²) in [5.74, 6) is -1.76. The molecule has 0 radical (unpaired) electrons. The highest BCUT2D eigenvalue weighted by Gasteiger charge is 2.38. The topological polar surface area (TPSA) is 33.1 Å². The van der Waals surface area contributed by atoms with E-state index in [2.05, 4.69) is 13.8 Å². The lowest BCUT2D eigenvalue weighted by atomic mass is 9.72. The smallest absolute Gasteiger partial charge is 0.388 e. The molecule has 3 aromatic rings. The first-order chi connectivity index (χ1) is 16.4. The van der Waals surface area contributed by atoms with Crippen molar-refractivity contribution in [3.63, 3.8) is 0 Å². The van der Waals surface area contributed by atoms with E-state index in [9.17, 15) is 27.1 Å². The second kappa shape index (κ2) is 8.40. The van der Waals surface area contributed by atoms with E-state index < -0.39 is 29.5 Å². The van der Waals surface area contributed by atoms with Gasteiger partial charge in [0.05, 0.1) is 11.7 Å². The van der Waals surface area contributed by atoms with Crippen LogP contribution in [0.1, 0.15) is 78.8 Å². The Labute approximate surface area is 200 Å². The van der Waals surface area contributed by atoms with Crippen LogP contribution in [0.25, 0.3) is 11.1 Å². The van der Waals surface area contributed by atoms with Crippen molar-refractivity contribution in [3.8, 4) is 11.1 Å². The Bertz CT molecular complexity index is 1280. The van der Waals surface area contributed by atoms with Crippen LogP contribution in [0.5, 0.6) is 0 Å². The first kappa shape index (κ1) is 23.9. The number of alkyl halides is 3. The van der Waals surface area contributed by atoms with Crippen molar-refractivity contribution in [3.05, 3.63) is 87.7 Å². The van der Waals surface area contributed by atoms with Gasteiger partial charge in [-0.15, -0.1) is 0 Å². The monoisotopic (exact) mass is 487 g/mol. The molecule has 0 bridgehead atoms. The van der Waals surface area contributed by atoms with E-state index in [-0.39, 0.29) is 17.8 Å². The van der Waals surface area contributed by atoms with Crippen molar-refractivity contribution in [2.45, 2.75) is 64.1 Å². The molecule has 35 heavy (non-hydrogen) atoms. The molecule has 7 heteroatoms. The number of hydrogen-bond donors (Lipinski definition) is 1. The van der Waals surface area contributed by atoms with E-state index in [1.807, 2.05) is 0 Å². The van der Waals surface area contributed by atoms with Gasteiger partial charge in [0.15, 0.2) is 11.6 Å². The molecule has 2 aliphatic rings. The number of nitrogens with zero attached hydrogens (tertiary/aromatic N) is 1. The summed E-state index contributed by atoms with van der Waals surface area (Å²) in [6.07, 6.45) is -2.00. The second-order valence-electron chi connectivity index (χ2n) is 10.5. The fourth-order valence-corrected chi connectivity index (χ4v) is 5.22. The van der Waals surface area contributed by atoms with Crippen molar-refractivity contribution in [2.24, 2.45) is 5.41 Å². The summed E-state index contributed by atoms with van der Waals surface area (Å²) in [5.41, 5.74) is 3.77. The average Bonchev–Trinajstić information content (AvgIpc) is 3.60. The van der Waals surface area contributed by atoms with Gasteiger partial charge in [-0.3, -0.25) is 4.98 Å². The third-order valence-electron chi connectivity index (χ3n) is 7.01. The van der Waals surface area contributed by atoms with Crippen LogP contribution in [0.4, 0.5) is 22.0 Å². The molecule has 0 amide bonds. The van der Waals surface area contributed by atoms with Gasteiger partial charge in [-0.2, -0.15) is 13.2 Å². The number of rotatable bonds is 4. The Morgan fingerprint density at radius 2 is 1.69 bits per heavy atom. The van der Waals surface area contributed by atoms with Gasteiger partial charge in [-0.25, -0.2) is 8.78 Å². The zero-order valence-electron chi connectivity index (χ0n) is 19.5. The number of halogens is 5. The van der Waals surface area contributed by atoms with Crippen LogP contribution in [-0.2, 0) is 19.0 Å². The Hall–Kier alpha value is -2.80. The summed E-state index contributed by atoms with van der Waals surface area (Å²) in [4.78, 5) is 4.99. The molecule has 2 nitrogen and oxygen atoms in total. The summed E-state index contributed by atoms with van der Waals surface area (Å²) in [6.45, 7) is 4.12. The molecule has 2 aromatic carbocycles. The van der Waals surface area contributed by atoms with E-state index in [4.69, 9.17) is 4.98 Å². The summed E-state index contributed by atoms with van der Waals surface area (Å²) in [6, 6.07) is 8.66. The first-order valence-corrected chi connectivity index (χ1v) is 11.8. The van der Waals surface area contributed by atoms with Gasteiger partial charge >= 0.3 is 6.18 Å². The standard InChI is InChI=1S/C28H26F5NO/c1-27(2)13-22-25(23(35)14-27)24(17-7-10-20(29)21(30)12-17)19(26(34-22)16-5-6-16)11-15-3-8-18(9-4-15)28(31,32)33/h3-4,7-10,12,16,23,35H,5-6,11,13-14H2,1-2H3. The molecular weight excluding hydrogens is 461 g/mol. The van der Waals surface area contributed by atoms with Crippen LogP contribution in [0, 0.1) is 17.0 Å². The Kier molecular flexibility index (Phi) is 5.74. The zero-order chi connectivity index (χ0) is 25.1. The van der Waals surface area contributed by atoms with Gasteiger partial charge in [0.1, 0.15) is 0 Å². The molecule has 184 valence electrons. The number of benzene rings is 2. The minimum Gasteiger partial charge on any atom is -0.388 e. The predicted octanol–water partition coefficient (Wildman–Crippen LogP) is 7.52. The van der Waals surface area contributed by atoms with Crippen LogP contribution in [0.3, 0.4) is 0 Å². The normalized spacial score (nSPS) is 19.5. The number of pyridine rings is 1. The molecule has 1 heterocycles. The van der Waals surface area contributed by atoms with Crippen molar-refractivity contribution >= 4 is 0 Å². The maximum atomic E-state index is 14.3. The van der Waals surface area contributed by atoms with Crippen molar-refractivity contribution in [2.75, 3.05) is 0 Å². The second-order valence-corrected chi connectivity index (χ2v) is 10.5. The molecule has 0 aliphatic heterocycles. The van der Waals surface area contributed by atoms with E-state index in [0.29, 0.717) is 35.1 Å². The van der Waals surface area contributed by atoms with Gasteiger partial charge in [-0.1, -0.05) is 32.0 Å². The highest BCUT2D eigenvalue weighted by Crippen LogP contribution is 2.50. The zero-order valence-corrected chi connectivity index (χ0v) is 19.5. The highest BCUT2D eigenvalue weighted by atomic mass is 19.4. The lowest BCUT2D eigenvalue weighted by molar-refractivity contribution is -0.137. The van der Waals surface area contributed by atoms with Gasteiger partial charge in [0.2, 0.25) is 0 Å². The minimum absolute atomic E-state index is 0.180. The Morgan fingerprint density at radius 3 is 2.29 bits per heavy atom. The van der Waals surface area contributed by atoms with Gasteiger partial charge < -0.3 is 5.11 Å². The van der Waals surface area contributed by atoms with Crippen molar-refractivity contribution in [1.29, 1.82) is 0 Å². The summed E-state index contributed by atoms with van der Waals surface area (Å²) in [7, 11) is 0. The Balaban J connectivity index is 1.72. The number of fused-ring (bicyclic) bond motifs is 1. The van der Waals surface area contributed by atoms with E-state index >= 15 is 0 Å². The number of aromatic nitrogens is 1. The molecule has 5 rings (SSSR count). The lowest BCUT2D eigenvalue weighted by Crippen LogP contribution is -2.28. The van der Waals surface area contributed by atoms with Gasteiger partial charge in [-0.05, 0) is 84.0 Å². The SMILES string of the molecule is CC1(C)Cc2nc(C3CC3)c(Cc3ccc(C(F)(F)F)cc3)c(-c3ccc(F)c(F)c3)c2C(O)C1. The fraction of sp³-hybridized carbons (Fsp3) is 0.393. The maximum absolute atomic E-state index is 14.3. The average molecular weight is 488 g/mol. The third kappa shape index (κ3) is 4.70. The van der Waals surface area contributed by atoms with Crippen LogP contribution in [-0.4, -0.2) is 10.1 Å². The number of hydrogen-bond acceptors (Lipinski definition) is 2. The van der Waals surface area contributed by atoms with Crippen LogP contribution in [0.15, 0.2) is 42.5 Å². The molecule has 1 aromatic heterocycles. The molecule has 1 unspecified atom stereocenters. The highest BCUT2D eigenvalue weighted by molar-refractivity contribution is 5.75. The summed E-state index contributed by atoms with van der Waals surface area (Å²) < 4.78 is 67.4. The quantitative estimate of drug-likeness (QED) is 0.386. The maximum Gasteiger partial charge on any atom is 0.416 e. The predicted molar refractivity (Wildman–Crippen MR) is 123 cm³/mol. The molecule has 1 N–H and O–H groups in total. The molecular formula is C28H26F5NO. The van der Waals surface area contributed by atoms with Gasteiger partial charge in [0.25, 0.3) is 0 Å². The van der Waals surface area contributed by atoms with Gasteiger partial charge in [0, 0.05) is 22.9 Å². The molecule has 1 saturated carbocycles. The van der Waals surface area contributed by atoms with Crippen molar-refractivity contribution in [1.82, 2.24) is 4.98 Å². The van der Waals surface area contributed by atoms with Crippen LogP contribution < -0.4 is 0 Å². The third-order valence-corrected chi connectivity index (χ3v) is 7.01. The summed E-state index contributed by atoms with van der Waals surface area (Å²) >= 11 is 0. The number of aliphatic hydroxyl groups excluding tert-OH is 1. The number of aliphatic hydroxyl groups is 1. The lowest BCUT2D eigenvalue weighted by Gasteiger charge is -2.36. The molecule has 2 aliphatic carbocycles. The molecule has 1 fully saturated rings. The Morgan fingerprint density at radius 1 is 1.00 bits per heavy atom. The van der Waals surface area contributed by atoms with Crippen molar-refractivity contribution < 1.29 is 27.1 Å². The molecule has 0 saturated heterocycles. The summed E-state index contributed by atoms with van der Waals surface area (Å²) in [5, 5.41) is 11.2. The first-order valence-electron chi connectivity index (χ1n) is 11.8. The van der Waals surface area contributed by atoms with Crippen LogP contribution >= 0.6 is 0 Å². The van der Waals surface area contributed by atoms with E-state index in [1.165, 1.54) is 18.2 Å². The fourth-order valence-electron chi connectivity index (χ4n) is 5.22. The molecule has 0 spiro atoms. The van der Waals surface area contributed by atoms with Crippen LogP contribution in [0.2, 0.25) is 0 Å². The minimum atomic E-state index is -4.43. The van der Waals surface area contributed by atoms with E-state index in [0.717, 1.165) is 54.1 Å². The molecule has 1 atom stereocenters. The van der Waals surface area contributed by atoms with E-state index in [1.54, 1.807) is 0 Å². The largest absolute Gasteiger partial charge is 0.416 e.